The first-order valence-electron chi connectivity index (χ1n) is 4.43. The molecule has 0 saturated heterocycles. The van der Waals surface area contributed by atoms with Crippen LogP contribution in [-0.4, -0.2) is 29.2 Å². The molecule has 0 aliphatic rings. The predicted octanol–water partition coefficient (Wildman–Crippen LogP) is 1.88. The molecule has 0 saturated carbocycles. The molecule has 1 aromatic rings. The highest BCUT2D eigenvalue weighted by Gasteiger charge is 2.36. The van der Waals surface area contributed by atoms with Crippen molar-refractivity contribution in [2.24, 2.45) is 0 Å². The van der Waals surface area contributed by atoms with E-state index in [2.05, 4.69) is 0 Å². The molecule has 0 spiro atoms. The number of carboxylic acids is 1. The molecular formula is C9H8F3NO3S. The Labute approximate surface area is 98.1 Å². The van der Waals surface area contributed by atoms with Crippen LogP contribution in [0.4, 0.5) is 13.2 Å². The van der Waals surface area contributed by atoms with Gasteiger partial charge in [-0.2, -0.15) is 13.2 Å². The SMILES string of the molecule is O=C(NC(CC(F)(F)F)C(=O)O)c1cccs1. The average Bonchev–Trinajstić information content (AvgIpc) is 2.66. The van der Waals surface area contributed by atoms with Crippen LogP contribution in [0.2, 0.25) is 0 Å². The van der Waals surface area contributed by atoms with Crippen molar-refractivity contribution in [1.29, 1.82) is 0 Å². The first-order chi connectivity index (χ1) is 7.79. The van der Waals surface area contributed by atoms with E-state index in [1.54, 1.807) is 11.4 Å². The second-order valence-corrected chi connectivity index (χ2v) is 4.11. The van der Waals surface area contributed by atoms with E-state index >= 15 is 0 Å². The number of rotatable bonds is 4. The molecule has 1 amide bonds. The van der Waals surface area contributed by atoms with Gasteiger partial charge in [0.1, 0.15) is 6.04 Å². The van der Waals surface area contributed by atoms with E-state index in [1.165, 1.54) is 6.07 Å². The lowest BCUT2D eigenvalue weighted by Gasteiger charge is -2.15. The highest BCUT2D eigenvalue weighted by Crippen LogP contribution is 2.22. The molecule has 1 aromatic heterocycles. The molecule has 0 aromatic carbocycles. The molecule has 4 nitrogen and oxygen atoms in total. The molecule has 1 unspecified atom stereocenters. The summed E-state index contributed by atoms with van der Waals surface area (Å²) in [6.07, 6.45) is -6.24. The molecule has 17 heavy (non-hydrogen) atoms. The van der Waals surface area contributed by atoms with Crippen LogP contribution in [0.15, 0.2) is 17.5 Å². The van der Waals surface area contributed by atoms with Gasteiger partial charge in [-0.05, 0) is 11.4 Å². The van der Waals surface area contributed by atoms with Gasteiger partial charge < -0.3 is 10.4 Å². The van der Waals surface area contributed by atoms with Crippen LogP contribution in [0.5, 0.6) is 0 Å². The van der Waals surface area contributed by atoms with Gasteiger partial charge in [0.2, 0.25) is 0 Å². The first-order valence-corrected chi connectivity index (χ1v) is 5.31. The Bertz CT molecular complexity index is 402. The van der Waals surface area contributed by atoms with Crippen LogP contribution in [0.1, 0.15) is 16.1 Å². The molecule has 8 heteroatoms. The van der Waals surface area contributed by atoms with Crippen LogP contribution in [0, 0.1) is 0 Å². The third-order valence-corrected chi connectivity index (χ3v) is 2.65. The number of carboxylic acid groups (broad SMARTS) is 1. The number of aliphatic carboxylic acids is 1. The molecule has 1 rings (SSSR count). The summed E-state index contributed by atoms with van der Waals surface area (Å²) in [5.41, 5.74) is 0. The number of carbonyl (C=O) groups is 2. The maximum Gasteiger partial charge on any atom is 0.391 e. The third kappa shape index (κ3) is 4.43. The molecule has 2 N–H and O–H groups in total. The van der Waals surface area contributed by atoms with Gasteiger partial charge in [-0.15, -0.1) is 11.3 Å². The summed E-state index contributed by atoms with van der Waals surface area (Å²) in [6, 6.07) is 0.968. The highest BCUT2D eigenvalue weighted by molar-refractivity contribution is 7.12. The van der Waals surface area contributed by atoms with Crippen LogP contribution >= 0.6 is 11.3 Å². The Morgan fingerprint density at radius 1 is 1.47 bits per heavy atom. The van der Waals surface area contributed by atoms with Gasteiger partial charge in [-0.3, -0.25) is 4.79 Å². The Morgan fingerprint density at radius 2 is 2.12 bits per heavy atom. The van der Waals surface area contributed by atoms with E-state index in [9.17, 15) is 22.8 Å². The van der Waals surface area contributed by atoms with Crippen LogP contribution in [-0.2, 0) is 4.79 Å². The minimum absolute atomic E-state index is 0.165. The molecule has 94 valence electrons. The predicted molar refractivity (Wildman–Crippen MR) is 53.9 cm³/mol. The van der Waals surface area contributed by atoms with E-state index in [0.717, 1.165) is 11.3 Å². The van der Waals surface area contributed by atoms with Crippen LogP contribution in [0.3, 0.4) is 0 Å². The second kappa shape index (κ2) is 5.17. The second-order valence-electron chi connectivity index (χ2n) is 3.16. The van der Waals surface area contributed by atoms with Crippen molar-refractivity contribution in [2.75, 3.05) is 0 Å². The van der Waals surface area contributed by atoms with Crippen molar-refractivity contribution < 1.29 is 27.9 Å². The largest absolute Gasteiger partial charge is 0.480 e. The number of amides is 1. The molecule has 0 fully saturated rings. The fraction of sp³-hybridized carbons (Fsp3) is 0.333. The van der Waals surface area contributed by atoms with Crippen molar-refractivity contribution in [3.05, 3.63) is 22.4 Å². The Balaban J connectivity index is 2.68. The summed E-state index contributed by atoms with van der Waals surface area (Å²) in [6.45, 7) is 0. The van der Waals surface area contributed by atoms with Crippen LogP contribution in [0.25, 0.3) is 0 Å². The van der Waals surface area contributed by atoms with Crippen molar-refractivity contribution >= 4 is 23.2 Å². The van der Waals surface area contributed by atoms with Gasteiger partial charge in [0.05, 0.1) is 11.3 Å². The Morgan fingerprint density at radius 3 is 2.53 bits per heavy atom. The fourth-order valence-electron chi connectivity index (χ4n) is 1.07. The maximum atomic E-state index is 12.0. The van der Waals surface area contributed by atoms with Gasteiger partial charge in [0, 0.05) is 0 Å². The molecule has 1 heterocycles. The monoisotopic (exact) mass is 267 g/mol. The van der Waals surface area contributed by atoms with Gasteiger partial charge in [0.25, 0.3) is 5.91 Å². The topological polar surface area (TPSA) is 66.4 Å². The zero-order chi connectivity index (χ0) is 13.1. The maximum absolute atomic E-state index is 12.0. The summed E-state index contributed by atoms with van der Waals surface area (Å²) >= 11 is 1.02. The van der Waals surface area contributed by atoms with Crippen molar-refractivity contribution in [3.8, 4) is 0 Å². The fourth-order valence-corrected chi connectivity index (χ4v) is 1.70. The van der Waals surface area contributed by atoms with E-state index in [1.807, 2.05) is 5.32 Å². The average molecular weight is 267 g/mol. The lowest BCUT2D eigenvalue weighted by Crippen LogP contribution is -2.43. The number of hydrogen-bond acceptors (Lipinski definition) is 3. The first kappa shape index (κ1) is 13.5. The number of thiophene rings is 1. The highest BCUT2D eigenvalue weighted by atomic mass is 32.1. The van der Waals surface area contributed by atoms with E-state index in [-0.39, 0.29) is 4.88 Å². The minimum Gasteiger partial charge on any atom is -0.480 e. The van der Waals surface area contributed by atoms with Gasteiger partial charge in [0.15, 0.2) is 0 Å². The normalized spacial score (nSPS) is 13.1. The molecule has 0 bridgehead atoms. The van der Waals surface area contributed by atoms with Crippen LogP contribution < -0.4 is 5.32 Å². The molecule has 0 aliphatic heterocycles. The van der Waals surface area contributed by atoms with E-state index in [4.69, 9.17) is 5.11 Å². The number of hydrogen-bond donors (Lipinski definition) is 2. The Kier molecular flexibility index (Phi) is 4.11. The molecular weight excluding hydrogens is 259 g/mol. The number of halogens is 3. The smallest absolute Gasteiger partial charge is 0.391 e. The van der Waals surface area contributed by atoms with Gasteiger partial charge in [-0.25, -0.2) is 4.79 Å². The number of alkyl halides is 3. The summed E-state index contributed by atoms with van der Waals surface area (Å²) in [5, 5.41) is 12.0. The van der Waals surface area contributed by atoms with Crippen molar-refractivity contribution in [2.45, 2.75) is 18.6 Å². The molecule has 0 aliphatic carbocycles. The lowest BCUT2D eigenvalue weighted by molar-refractivity contribution is -0.157. The Hall–Kier alpha value is -1.57. The quantitative estimate of drug-likeness (QED) is 0.875. The third-order valence-electron chi connectivity index (χ3n) is 1.78. The minimum atomic E-state index is -4.65. The van der Waals surface area contributed by atoms with Gasteiger partial charge in [-0.1, -0.05) is 6.07 Å². The summed E-state index contributed by atoms with van der Waals surface area (Å²) < 4.78 is 36.1. The zero-order valence-corrected chi connectivity index (χ0v) is 9.14. The number of nitrogens with one attached hydrogen (secondary N) is 1. The standard InChI is InChI=1S/C9H8F3NO3S/c10-9(11,12)4-5(8(15)16)13-7(14)6-2-1-3-17-6/h1-3,5H,4H2,(H,13,14)(H,15,16). The van der Waals surface area contributed by atoms with Crippen molar-refractivity contribution in [3.63, 3.8) is 0 Å². The molecule has 0 radical (unpaired) electrons. The zero-order valence-electron chi connectivity index (χ0n) is 8.32. The summed E-state index contributed by atoms with van der Waals surface area (Å²) in [5.74, 6) is -2.54. The van der Waals surface area contributed by atoms with Gasteiger partial charge >= 0.3 is 12.1 Å². The summed E-state index contributed by atoms with van der Waals surface area (Å²) in [7, 11) is 0. The van der Waals surface area contributed by atoms with E-state index < -0.39 is 30.5 Å². The number of carbonyl (C=O) groups excluding carboxylic acids is 1. The lowest BCUT2D eigenvalue weighted by atomic mass is 10.2. The molecule has 1 atom stereocenters. The summed E-state index contributed by atoms with van der Waals surface area (Å²) in [4.78, 5) is 22.1. The van der Waals surface area contributed by atoms with E-state index in [0.29, 0.717) is 0 Å². The van der Waals surface area contributed by atoms with Crippen molar-refractivity contribution in [1.82, 2.24) is 5.32 Å².